The Bertz CT molecular complexity index is 318. The van der Waals surface area contributed by atoms with Gasteiger partial charge in [0, 0.05) is 24.5 Å². The summed E-state index contributed by atoms with van der Waals surface area (Å²) < 4.78 is 0. The van der Waals surface area contributed by atoms with Crippen LogP contribution in [0, 0.1) is 6.92 Å². The summed E-state index contributed by atoms with van der Waals surface area (Å²) in [6.45, 7) is 8.77. The zero-order valence-corrected chi connectivity index (χ0v) is 9.91. The molecule has 0 aliphatic carbocycles. The second-order valence-corrected chi connectivity index (χ2v) is 4.88. The van der Waals surface area contributed by atoms with Crippen molar-refractivity contribution in [3.05, 3.63) is 29.6 Å². The van der Waals surface area contributed by atoms with Crippen LogP contribution >= 0.6 is 0 Å². The molecule has 0 bridgehead atoms. The van der Waals surface area contributed by atoms with E-state index in [9.17, 15) is 5.11 Å². The molecule has 1 atom stereocenters. The summed E-state index contributed by atoms with van der Waals surface area (Å²) >= 11 is 0. The standard InChI is InChI=1S/C12H20N2O/c1-9-7-13-6-5-10(9)11(15)8-14-12(2,3)4/h5-7,11,14-15H,8H2,1-4H3. The minimum atomic E-state index is -0.466. The Balaban J connectivity index is 2.62. The first-order valence-electron chi connectivity index (χ1n) is 5.24. The van der Waals surface area contributed by atoms with Gasteiger partial charge in [-0.3, -0.25) is 4.98 Å². The average molecular weight is 208 g/mol. The lowest BCUT2D eigenvalue weighted by molar-refractivity contribution is 0.162. The maximum absolute atomic E-state index is 9.97. The predicted molar refractivity (Wildman–Crippen MR) is 61.7 cm³/mol. The molecule has 0 spiro atoms. The Morgan fingerprint density at radius 2 is 2.13 bits per heavy atom. The maximum atomic E-state index is 9.97. The summed E-state index contributed by atoms with van der Waals surface area (Å²) in [7, 11) is 0. The predicted octanol–water partition coefficient (Wildman–Crippen LogP) is 1.81. The van der Waals surface area contributed by atoms with Crippen LogP contribution in [-0.4, -0.2) is 22.2 Å². The van der Waals surface area contributed by atoms with Crippen LogP contribution in [0.5, 0.6) is 0 Å². The van der Waals surface area contributed by atoms with E-state index in [-0.39, 0.29) is 5.54 Å². The minimum absolute atomic E-state index is 0.0297. The highest BCUT2D eigenvalue weighted by Crippen LogP contribution is 2.16. The molecule has 15 heavy (non-hydrogen) atoms. The van der Waals surface area contributed by atoms with Gasteiger partial charge in [-0.15, -0.1) is 0 Å². The second-order valence-electron chi connectivity index (χ2n) is 4.88. The van der Waals surface area contributed by atoms with Crippen molar-refractivity contribution in [3.8, 4) is 0 Å². The maximum Gasteiger partial charge on any atom is 0.0918 e. The number of aryl methyl sites for hydroxylation is 1. The third kappa shape index (κ3) is 3.98. The molecular weight excluding hydrogens is 188 g/mol. The lowest BCUT2D eigenvalue weighted by atomic mass is 10.0. The summed E-state index contributed by atoms with van der Waals surface area (Å²) in [5.74, 6) is 0. The van der Waals surface area contributed by atoms with Crippen molar-refractivity contribution in [2.75, 3.05) is 6.54 Å². The molecular formula is C12H20N2O. The molecule has 0 aromatic carbocycles. The van der Waals surface area contributed by atoms with Crippen LogP contribution in [0.4, 0.5) is 0 Å². The molecule has 2 N–H and O–H groups in total. The number of pyridine rings is 1. The Kier molecular flexibility index (Phi) is 3.83. The fraction of sp³-hybridized carbons (Fsp3) is 0.583. The number of hydrogen-bond acceptors (Lipinski definition) is 3. The Labute approximate surface area is 91.5 Å². The quantitative estimate of drug-likeness (QED) is 0.796. The van der Waals surface area contributed by atoms with E-state index >= 15 is 0 Å². The number of aliphatic hydroxyl groups excluding tert-OH is 1. The van der Waals surface area contributed by atoms with E-state index in [0.717, 1.165) is 11.1 Å². The van der Waals surface area contributed by atoms with Gasteiger partial charge in [0.2, 0.25) is 0 Å². The van der Waals surface area contributed by atoms with Crippen molar-refractivity contribution in [1.82, 2.24) is 10.3 Å². The van der Waals surface area contributed by atoms with Gasteiger partial charge in [0.1, 0.15) is 0 Å². The summed E-state index contributed by atoms with van der Waals surface area (Å²) in [6.07, 6.45) is 3.02. The highest BCUT2D eigenvalue weighted by molar-refractivity contribution is 5.24. The molecule has 1 rings (SSSR count). The summed E-state index contributed by atoms with van der Waals surface area (Å²) in [5.41, 5.74) is 2.00. The zero-order valence-electron chi connectivity index (χ0n) is 9.91. The van der Waals surface area contributed by atoms with E-state index in [0.29, 0.717) is 6.54 Å². The van der Waals surface area contributed by atoms with Crippen LogP contribution in [0.15, 0.2) is 18.5 Å². The van der Waals surface area contributed by atoms with E-state index in [1.54, 1.807) is 12.4 Å². The summed E-state index contributed by atoms with van der Waals surface area (Å²) in [6, 6.07) is 1.87. The van der Waals surface area contributed by atoms with E-state index in [1.807, 2.05) is 13.0 Å². The van der Waals surface area contributed by atoms with Crippen molar-refractivity contribution >= 4 is 0 Å². The minimum Gasteiger partial charge on any atom is -0.387 e. The third-order valence-corrected chi connectivity index (χ3v) is 2.25. The van der Waals surface area contributed by atoms with Crippen LogP contribution < -0.4 is 5.32 Å². The number of nitrogens with zero attached hydrogens (tertiary/aromatic N) is 1. The number of nitrogens with one attached hydrogen (secondary N) is 1. The fourth-order valence-corrected chi connectivity index (χ4v) is 1.37. The first kappa shape index (κ1) is 12.1. The van der Waals surface area contributed by atoms with Crippen LogP contribution in [0.2, 0.25) is 0 Å². The van der Waals surface area contributed by atoms with Gasteiger partial charge in [-0.25, -0.2) is 0 Å². The molecule has 3 heteroatoms. The molecule has 0 amide bonds. The molecule has 0 aliphatic heterocycles. The average Bonchev–Trinajstić information content (AvgIpc) is 2.14. The van der Waals surface area contributed by atoms with Crippen molar-refractivity contribution in [3.63, 3.8) is 0 Å². The monoisotopic (exact) mass is 208 g/mol. The molecule has 1 heterocycles. The SMILES string of the molecule is Cc1cnccc1C(O)CNC(C)(C)C. The van der Waals surface area contributed by atoms with E-state index in [4.69, 9.17) is 0 Å². The zero-order chi connectivity index (χ0) is 11.5. The Hall–Kier alpha value is -0.930. The van der Waals surface area contributed by atoms with Gasteiger partial charge in [0.05, 0.1) is 6.10 Å². The van der Waals surface area contributed by atoms with Gasteiger partial charge in [-0.05, 0) is 44.9 Å². The van der Waals surface area contributed by atoms with E-state index in [1.165, 1.54) is 0 Å². The van der Waals surface area contributed by atoms with Crippen molar-refractivity contribution < 1.29 is 5.11 Å². The number of rotatable bonds is 3. The van der Waals surface area contributed by atoms with Gasteiger partial charge in [-0.2, -0.15) is 0 Å². The second kappa shape index (κ2) is 4.73. The first-order valence-corrected chi connectivity index (χ1v) is 5.24. The number of aromatic nitrogens is 1. The number of aliphatic hydroxyl groups is 1. The topological polar surface area (TPSA) is 45.2 Å². The molecule has 84 valence electrons. The molecule has 0 saturated carbocycles. The molecule has 1 unspecified atom stereocenters. The van der Waals surface area contributed by atoms with Gasteiger partial charge in [-0.1, -0.05) is 0 Å². The van der Waals surface area contributed by atoms with Crippen LogP contribution in [0.3, 0.4) is 0 Å². The smallest absolute Gasteiger partial charge is 0.0918 e. The molecule has 0 fully saturated rings. The molecule has 3 nitrogen and oxygen atoms in total. The van der Waals surface area contributed by atoms with E-state index < -0.39 is 6.10 Å². The lowest BCUT2D eigenvalue weighted by Gasteiger charge is -2.23. The normalized spacial score (nSPS) is 13.9. The Morgan fingerprint density at radius 1 is 1.47 bits per heavy atom. The first-order chi connectivity index (χ1) is 6.90. The summed E-state index contributed by atoms with van der Waals surface area (Å²) in [5, 5.41) is 13.3. The Morgan fingerprint density at radius 3 is 2.67 bits per heavy atom. The number of hydrogen-bond donors (Lipinski definition) is 2. The molecule has 0 radical (unpaired) electrons. The highest BCUT2D eigenvalue weighted by atomic mass is 16.3. The van der Waals surface area contributed by atoms with Crippen molar-refractivity contribution in [2.24, 2.45) is 0 Å². The summed E-state index contributed by atoms with van der Waals surface area (Å²) in [4.78, 5) is 4.00. The van der Waals surface area contributed by atoms with E-state index in [2.05, 4.69) is 31.1 Å². The highest BCUT2D eigenvalue weighted by Gasteiger charge is 2.14. The molecule has 0 aliphatic rings. The van der Waals surface area contributed by atoms with Crippen LogP contribution in [-0.2, 0) is 0 Å². The van der Waals surface area contributed by atoms with Crippen molar-refractivity contribution in [1.29, 1.82) is 0 Å². The molecule has 1 aromatic rings. The van der Waals surface area contributed by atoms with Gasteiger partial charge in [0.25, 0.3) is 0 Å². The van der Waals surface area contributed by atoms with Crippen LogP contribution in [0.1, 0.15) is 38.0 Å². The third-order valence-electron chi connectivity index (χ3n) is 2.25. The lowest BCUT2D eigenvalue weighted by Crippen LogP contribution is -2.38. The molecule has 1 aromatic heterocycles. The van der Waals surface area contributed by atoms with Crippen molar-refractivity contribution in [2.45, 2.75) is 39.3 Å². The molecule has 0 saturated heterocycles. The fourth-order valence-electron chi connectivity index (χ4n) is 1.37. The van der Waals surface area contributed by atoms with Gasteiger partial charge < -0.3 is 10.4 Å². The largest absolute Gasteiger partial charge is 0.387 e. The van der Waals surface area contributed by atoms with Gasteiger partial charge >= 0.3 is 0 Å². The van der Waals surface area contributed by atoms with Gasteiger partial charge in [0.15, 0.2) is 0 Å². The number of β-amino-alcohol motifs (C(OH)–C–C–N with tert-alkyl or cyclic N) is 1. The van der Waals surface area contributed by atoms with Crippen LogP contribution in [0.25, 0.3) is 0 Å².